The third-order valence-corrected chi connectivity index (χ3v) is 3.26. The molecule has 0 radical (unpaired) electrons. The molecule has 10 heteroatoms. The van der Waals surface area contributed by atoms with Crippen LogP contribution in [0.25, 0.3) is 11.2 Å². The Morgan fingerprint density at radius 2 is 2.00 bits per heavy atom. The first-order valence-electron chi connectivity index (χ1n) is 5.91. The minimum Gasteiger partial charge on any atom is -0.394 e. The van der Waals surface area contributed by atoms with Crippen LogP contribution in [0.15, 0.2) is 6.33 Å². The van der Waals surface area contributed by atoms with Crippen molar-refractivity contribution in [3.8, 4) is 0 Å². The van der Waals surface area contributed by atoms with E-state index in [-0.39, 0.29) is 17.4 Å². The largest absolute Gasteiger partial charge is 0.394 e. The molecule has 4 atom stereocenters. The monoisotopic (exact) mass is 282 g/mol. The second-order valence-corrected chi connectivity index (χ2v) is 4.52. The lowest BCUT2D eigenvalue weighted by molar-refractivity contribution is -0.0511. The Morgan fingerprint density at radius 1 is 1.25 bits per heavy atom. The van der Waals surface area contributed by atoms with Crippen molar-refractivity contribution in [2.75, 3.05) is 18.1 Å². The van der Waals surface area contributed by atoms with Crippen LogP contribution in [0.4, 0.5) is 11.8 Å². The molecule has 1 aliphatic rings. The van der Waals surface area contributed by atoms with Crippen molar-refractivity contribution >= 4 is 22.9 Å². The minimum absolute atomic E-state index is 0.0384. The van der Waals surface area contributed by atoms with Gasteiger partial charge in [-0.15, -0.1) is 0 Å². The van der Waals surface area contributed by atoms with Crippen LogP contribution in [0.1, 0.15) is 6.23 Å². The number of rotatable bonds is 2. The van der Waals surface area contributed by atoms with Crippen LogP contribution < -0.4 is 11.5 Å². The van der Waals surface area contributed by atoms with E-state index in [9.17, 15) is 10.2 Å². The van der Waals surface area contributed by atoms with E-state index in [0.717, 1.165) is 0 Å². The van der Waals surface area contributed by atoms with Crippen LogP contribution in [0, 0.1) is 0 Å². The summed E-state index contributed by atoms with van der Waals surface area (Å²) in [7, 11) is 0. The van der Waals surface area contributed by atoms with Crippen molar-refractivity contribution in [3.05, 3.63) is 6.33 Å². The van der Waals surface area contributed by atoms with E-state index >= 15 is 0 Å². The minimum atomic E-state index is -1.23. The van der Waals surface area contributed by atoms with Crippen LogP contribution in [-0.2, 0) is 4.74 Å². The van der Waals surface area contributed by atoms with E-state index in [0.29, 0.717) is 5.52 Å². The summed E-state index contributed by atoms with van der Waals surface area (Å²) >= 11 is 0. The third-order valence-electron chi connectivity index (χ3n) is 3.26. The Bertz CT molecular complexity index is 646. The second-order valence-electron chi connectivity index (χ2n) is 4.52. The van der Waals surface area contributed by atoms with Crippen LogP contribution in [0.3, 0.4) is 0 Å². The highest BCUT2D eigenvalue weighted by molar-refractivity contribution is 5.82. The Morgan fingerprint density at radius 3 is 2.65 bits per heavy atom. The lowest BCUT2D eigenvalue weighted by atomic mass is 10.1. The molecule has 3 rings (SSSR count). The van der Waals surface area contributed by atoms with Gasteiger partial charge in [0.1, 0.15) is 23.8 Å². The zero-order valence-electron chi connectivity index (χ0n) is 10.3. The normalized spacial score (nSPS) is 30.1. The van der Waals surface area contributed by atoms with Crippen LogP contribution in [-0.4, -0.2) is 59.8 Å². The Balaban J connectivity index is 2.07. The van der Waals surface area contributed by atoms with Gasteiger partial charge in [-0.25, -0.2) is 4.98 Å². The van der Waals surface area contributed by atoms with Gasteiger partial charge in [-0.1, -0.05) is 0 Å². The molecule has 7 N–H and O–H groups in total. The number of nitrogens with zero attached hydrogens (tertiary/aromatic N) is 4. The topological polar surface area (TPSA) is 166 Å². The SMILES string of the molecule is Nc1nc(N)c2ncn([C@H]3O[C@H](CO)[C@@H](O)[C@@H]3O)c2n1. The number of nitrogens with two attached hydrogens (primary N) is 2. The molecule has 1 aliphatic heterocycles. The molecule has 1 saturated heterocycles. The molecule has 1 fully saturated rings. The van der Waals surface area contributed by atoms with Gasteiger partial charge in [0.2, 0.25) is 5.95 Å². The summed E-state index contributed by atoms with van der Waals surface area (Å²) in [6, 6.07) is 0. The van der Waals surface area contributed by atoms with Crippen molar-refractivity contribution in [2.24, 2.45) is 0 Å². The quantitative estimate of drug-likeness (QED) is 0.403. The summed E-state index contributed by atoms with van der Waals surface area (Å²) in [5.41, 5.74) is 11.8. The number of aliphatic hydroxyl groups excluding tert-OH is 3. The van der Waals surface area contributed by atoms with Crippen molar-refractivity contribution in [2.45, 2.75) is 24.5 Å². The van der Waals surface area contributed by atoms with Gasteiger partial charge in [-0.05, 0) is 0 Å². The van der Waals surface area contributed by atoms with E-state index in [2.05, 4.69) is 15.0 Å². The molecule has 3 heterocycles. The number of fused-ring (bicyclic) bond motifs is 1. The summed E-state index contributed by atoms with van der Waals surface area (Å²) in [6.45, 7) is -0.416. The Kier molecular flexibility index (Phi) is 2.94. The Hall–Kier alpha value is -2.01. The van der Waals surface area contributed by atoms with Crippen molar-refractivity contribution in [3.63, 3.8) is 0 Å². The van der Waals surface area contributed by atoms with Crippen LogP contribution in [0.5, 0.6) is 0 Å². The van der Waals surface area contributed by atoms with Crippen molar-refractivity contribution < 1.29 is 20.1 Å². The number of ether oxygens (including phenoxy) is 1. The molecular formula is C10H14N6O4. The molecule has 2 aromatic heterocycles. The fraction of sp³-hybridized carbons (Fsp3) is 0.500. The highest BCUT2D eigenvalue weighted by Gasteiger charge is 2.44. The van der Waals surface area contributed by atoms with Gasteiger partial charge in [0, 0.05) is 0 Å². The molecule has 0 unspecified atom stereocenters. The summed E-state index contributed by atoms with van der Waals surface area (Å²) in [6.07, 6.45) is -2.92. The number of hydrogen-bond acceptors (Lipinski definition) is 9. The van der Waals surface area contributed by atoms with Crippen LogP contribution in [0.2, 0.25) is 0 Å². The number of aliphatic hydroxyl groups is 3. The predicted octanol–water partition coefficient (Wildman–Crippen LogP) is -2.40. The zero-order valence-corrected chi connectivity index (χ0v) is 10.3. The fourth-order valence-electron chi connectivity index (χ4n) is 2.25. The zero-order chi connectivity index (χ0) is 14.4. The molecule has 20 heavy (non-hydrogen) atoms. The molecule has 0 saturated carbocycles. The molecule has 0 bridgehead atoms. The maximum absolute atomic E-state index is 9.99. The van der Waals surface area contributed by atoms with E-state index in [1.54, 1.807) is 0 Å². The van der Waals surface area contributed by atoms with Gasteiger partial charge in [0.15, 0.2) is 17.7 Å². The summed E-state index contributed by atoms with van der Waals surface area (Å²) in [4.78, 5) is 11.8. The molecule has 0 spiro atoms. The number of anilines is 2. The lowest BCUT2D eigenvalue weighted by Gasteiger charge is -2.16. The van der Waals surface area contributed by atoms with Gasteiger partial charge in [-0.2, -0.15) is 9.97 Å². The molecule has 10 nitrogen and oxygen atoms in total. The third kappa shape index (κ3) is 1.78. The molecule has 0 aromatic carbocycles. The van der Waals surface area contributed by atoms with Crippen LogP contribution >= 0.6 is 0 Å². The van der Waals surface area contributed by atoms with E-state index in [1.807, 2.05) is 0 Å². The average molecular weight is 282 g/mol. The maximum atomic E-state index is 9.99. The molecule has 0 amide bonds. The van der Waals surface area contributed by atoms with Gasteiger partial charge in [0.25, 0.3) is 0 Å². The van der Waals surface area contributed by atoms with Crippen molar-refractivity contribution in [1.29, 1.82) is 0 Å². The molecular weight excluding hydrogens is 268 g/mol. The van der Waals surface area contributed by atoms with E-state index in [4.69, 9.17) is 21.3 Å². The summed E-state index contributed by atoms with van der Waals surface area (Å²) in [5, 5.41) is 28.8. The number of imidazole rings is 1. The van der Waals surface area contributed by atoms with Gasteiger partial charge in [-0.3, -0.25) is 4.57 Å². The van der Waals surface area contributed by atoms with Gasteiger partial charge in [0.05, 0.1) is 12.9 Å². The maximum Gasteiger partial charge on any atom is 0.224 e. The Labute approximate surface area is 112 Å². The average Bonchev–Trinajstić information content (AvgIpc) is 2.93. The van der Waals surface area contributed by atoms with Gasteiger partial charge >= 0.3 is 0 Å². The lowest BCUT2D eigenvalue weighted by Crippen LogP contribution is -2.33. The second kappa shape index (κ2) is 4.52. The first-order chi connectivity index (χ1) is 9.52. The molecule has 108 valence electrons. The highest BCUT2D eigenvalue weighted by atomic mass is 16.6. The molecule has 0 aliphatic carbocycles. The summed E-state index contributed by atoms with van der Waals surface area (Å²) in [5.74, 6) is 0.0708. The standard InChI is InChI=1S/C10H14N6O4/c11-7-4-8(15-10(12)14-7)16(2-13-4)9-6(19)5(18)3(1-17)20-9/h2-3,5-6,9,17-19H,1H2,(H4,11,12,14,15)/t3-,5-,6+,9+/m1/s1. The van der Waals surface area contributed by atoms with Gasteiger partial charge < -0.3 is 31.5 Å². The first kappa shape index (κ1) is 13.0. The van der Waals surface area contributed by atoms with E-state index in [1.165, 1.54) is 10.9 Å². The first-order valence-corrected chi connectivity index (χ1v) is 5.91. The smallest absolute Gasteiger partial charge is 0.224 e. The highest BCUT2D eigenvalue weighted by Crippen LogP contribution is 2.31. The number of hydrogen-bond donors (Lipinski definition) is 5. The van der Waals surface area contributed by atoms with Crippen molar-refractivity contribution in [1.82, 2.24) is 19.5 Å². The fourth-order valence-corrected chi connectivity index (χ4v) is 2.25. The predicted molar refractivity (Wildman–Crippen MR) is 67.2 cm³/mol. The summed E-state index contributed by atoms with van der Waals surface area (Å²) < 4.78 is 6.79. The number of aromatic nitrogens is 4. The number of nitrogen functional groups attached to an aromatic ring is 2. The van der Waals surface area contributed by atoms with E-state index < -0.39 is 31.1 Å². The molecule has 2 aromatic rings.